The third-order valence-corrected chi connectivity index (χ3v) is 6.47. The highest BCUT2D eigenvalue weighted by Gasteiger charge is 2.09. The summed E-state index contributed by atoms with van der Waals surface area (Å²) in [4.78, 5) is 36.4. The zero-order valence-electron chi connectivity index (χ0n) is 23.0. The van der Waals surface area contributed by atoms with E-state index in [1.54, 1.807) is 0 Å². The van der Waals surface area contributed by atoms with Gasteiger partial charge in [-0.1, -0.05) is 117 Å². The molecule has 0 saturated carbocycles. The Labute approximate surface area is 219 Å². The highest BCUT2D eigenvalue weighted by molar-refractivity contribution is 5.73. The predicted octanol–water partition coefficient (Wildman–Crippen LogP) is 8.70. The monoisotopic (exact) mass is 502 g/mol. The molecule has 0 radical (unpaired) electrons. The van der Waals surface area contributed by atoms with Crippen molar-refractivity contribution >= 4 is 11.9 Å². The smallest absolute Gasteiger partial charge is 0.311 e. The first-order valence-corrected chi connectivity index (χ1v) is 14.6. The Bertz CT molecular complexity index is 774. The second-order valence-corrected chi connectivity index (χ2v) is 9.90. The van der Waals surface area contributed by atoms with Gasteiger partial charge in [-0.25, -0.2) is 0 Å². The molecule has 204 valence electrons. The van der Waals surface area contributed by atoms with E-state index in [1.807, 2.05) is 0 Å². The Balaban J connectivity index is 2.18. The molecule has 0 aliphatic carbocycles. The number of esters is 2. The van der Waals surface area contributed by atoms with Crippen molar-refractivity contribution < 1.29 is 19.1 Å². The van der Waals surface area contributed by atoms with Crippen LogP contribution in [0.25, 0.3) is 0 Å². The van der Waals surface area contributed by atoms with Gasteiger partial charge >= 0.3 is 11.9 Å². The van der Waals surface area contributed by atoms with Crippen LogP contribution in [0.3, 0.4) is 0 Å². The van der Waals surface area contributed by atoms with Crippen LogP contribution in [0.4, 0.5) is 0 Å². The molecule has 0 unspecified atom stereocenters. The molecule has 0 aliphatic heterocycles. The maximum Gasteiger partial charge on any atom is 0.311 e. The number of hydrogen-bond donors (Lipinski definition) is 0. The van der Waals surface area contributed by atoms with Gasteiger partial charge < -0.3 is 9.47 Å². The van der Waals surface area contributed by atoms with Crippen LogP contribution < -0.4 is 14.9 Å². The van der Waals surface area contributed by atoms with Crippen molar-refractivity contribution in [1.82, 2.24) is 0 Å². The van der Waals surface area contributed by atoms with Crippen LogP contribution >= 0.6 is 0 Å². The molecule has 0 fully saturated rings. The van der Waals surface area contributed by atoms with Crippen LogP contribution in [-0.4, -0.2) is 11.9 Å². The molecule has 0 aliphatic rings. The van der Waals surface area contributed by atoms with Crippen molar-refractivity contribution in [2.45, 2.75) is 142 Å². The van der Waals surface area contributed by atoms with E-state index in [2.05, 4.69) is 13.8 Å². The zero-order valence-corrected chi connectivity index (χ0v) is 23.0. The van der Waals surface area contributed by atoms with Gasteiger partial charge in [0.2, 0.25) is 5.43 Å². The minimum Gasteiger partial charge on any atom is -0.427 e. The van der Waals surface area contributed by atoms with Crippen molar-refractivity contribution in [3.8, 4) is 11.5 Å². The lowest BCUT2D eigenvalue weighted by Crippen LogP contribution is -2.12. The number of unbranched alkanes of at least 4 members (excludes halogenated alkanes) is 16. The molecule has 0 atom stereocenters. The summed E-state index contributed by atoms with van der Waals surface area (Å²) >= 11 is 0. The van der Waals surface area contributed by atoms with Crippen LogP contribution in [0.1, 0.15) is 142 Å². The maximum atomic E-state index is 12.2. The normalized spacial score (nSPS) is 10.8. The predicted molar refractivity (Wildman–Crippen MR) is 148 cm³/mol. The molecule has 1 aromatic rings. The molecular formula is C31H50O5. The lowest BCUT2D eigenvalue weighted by molar-refractivity contribution is -0.135. The minimum atomic E-state index is -0.409. The number of carbonyl (C=O) groups excluding carboxylic acids is 2. The van der Waals surface area contributed by atoms with Crippen molar-refractivity contribution in [1.29, 1.82) is 0 Å². The van der Waals surface area contributed by atoms with Gasteiger partial charge in [-0.15, -0.1) is 0 Å². The molecule has 0 saturated heterocycles. The van der Waals surface area contributed by atoms with Crippen molar-refractivity contribution in [2.75, 3.05) is 0 Å². The third-order valence-electron chi connectivity index (χ3n) is 6.47. The first-order valence-electron chi connectivity index (χ1n) is 14.6. The number of carbonyl (C=O) groups is 2. The van der Waals surface area contributed by atoms with E-state index in [0.29, 0.717) is 12.8 Å². The van der Waals surface area contributed by atoms with E-state index in [4.69, 9.17) is 9.47 Å². The Morgan fingerprint density at radius 3 is 1.39 bits per heavy atom. The molecule has 0 heterocycles. The lowest BCUT2D eigenvalue weighted by Gasteiger charge is -2.04. The Hall–Kier alpha value is -2.17. The molecule has 5 heteroatoms. The summed E-state index contributed by atoms with van der Waals surface area (Å²) in [6, 6.07) is 5.64. The molecule has 1 aromatic carbocycles. The molecule has 0 bridgehead atoms. The number of ether oxygens (including phenoxy) is 2. The molecule has 36 heavy (non-hydrogen) atoms. The van der Waals surface area contributed by atoms with E-state index in [9.17, 15) is 14.4 Å². The fraction of sp³-hybridized carbons (Fsp3) is 0.710. The quantitative estimate of drug-likeness (QED) is 0.117. The first kappa shape index (κ1) is 31.9. The zero-order chi connectivity index (χ0) is 26.3. The van der Waals surface area contributed by atoms with Gasteiger partial charge in [0.05, 0.1) is 0 Å². The van der Waals surface area contributed by atoms with Crippen LogP contribution in [-0.2, 0) is 9.59 Å². The summed E-state index contributed by atoms with van der Waals surface area (Å²) < 4.78 is 10.6. The summed E-state index contributed by atoms with van der Waals surface area (Å²) in [5.41, 5.74) is -0.409. The molecule has 1 rings (SSSR count). The molecule has 5 nitrogen and oxygen atoms in total. The third kappa shape index (κ3) is 17.3. The molecular weight excluding hydrogens is 452 g/mol. The molecule has 0 aromatic heterocycles. The van der Waals surface area contributed by atoms with Crippen molar-refractivity contribution in [2.24, 2.45) is 0 Å². The highest BCUT2D eigenvalue weighted by Crippen LogP contribution is 2.16. The van der Waals surface area contributed by atoms with Gasteiger partial charge in [-0.2, -0.15) is 0 Å². The fourth-order valence-corrected chi connectivity index (χ4v) is 4.20. The lowest BCUT2D eigenvalue weighted by atomic mass is 10.0. The Kier molecular flexibility index (Phi) is 19.5. The SMILES string of the molecule is CCCCCCCCCCCCCCCC(=O)Oc1ccc(OC(=O)CCCCCCC)c(=O)cc1. The minimum absolute atomic E-state index is 0.0349. The largest absolute Gasteiger partial charge is 0.427 e. The molecule has 0 amide bonds. The van der Waals surface area contributed by atoms with Gasteiger partial charge in [0.1, 0.15) is 5.75 Å². The van der Waals surface area contributed by atoms with Crippen LogP contribution in [0.5, 0.6) is 11.5 Å². The number of hydrogen-bond acceptors (Lipinski definition) is 5. The van der Waals surface area contributed by atoms with Gasteiger partial charge in [0, 0.05) is 12.8 Å². The van der Waals surface area contributed by atoms with Gasteiger partial charge in [0.25, 0.3) is 0 Å². The average Bonchev–Trinajstić information content (AvgIpc) is 3.03. The van der Waals surface area contributed by atoms with Crippen molar-refractivity contribution in [3.63, 3.8) is 0 Å². The van der Waals surface area contributed by atoms with Crippen LogP contribution in [0, 0.1) is 0 Å². The molecule has 0 N–H and O–H groups in total. The fourth-order valence-electron chi connectivity index (χ4n) is 4.20. The number of rotatable bonds is 22. The average molecular weight is 503 g/mol. The second-order valence-electron chi connectivity index (χ2n) is 9.90. The van der Waals surface area contributed by atoms with Gasteiger partial charge in [-0.3, -0.25) is 14.4 Å². The van der Waals surface area contributed by atoms with Crippen molar-refractivity contribution in [3.05, 3.63) is 34.5 Å². The van der Waals surface area contributed by atoms with E-state index >= 15 is 0 Å². The first-order chi connectivity index (χ1) is 17.6. The summed E-state index contributed by atoms with van der Waals surface area (Å²) in [5, 5.41) is 0. The summed E-state index contributed by atoms with van der Waals surface area (Å²) in [6.45, 7) is 4.40. The summed E-state index contributed by atoms with van der Waals surface area (Å²) in [5.74, 6) is -0.459. The van der Waals surface area contributed by atoms with E-state index in [1.165, 1.54) is 88.5 Å². The highest BCUT2D eigenvalue weighted by atomic mass is 16.5. The van der Waals surface area contributed by atoms with Gasteiger partial charge in [0.15, 0.2) is 5.75 Å². The van der Waals surface area contributed by atoms with Crippen LogP contribution in [0.15, 0.2) is 29.1 Å². The van der Waals surface area contributed by atoms with E-state index in [0.717, 1.165) is 51.4 Å². The second kappa shape index (κ2) is 22.1. The van der Waals surface area contributed by atoms with E-state index < -0.39 is 11.4 Å². The summed E-state index contributed by atoms with van der Waals surface area (Å²) in [6.07, 6.45) is 22.2. The van der Waals surface area contributed by atoms with Crippen LogP contribution in [0.2, 0.25) is 0 Å². The topological polar surface area (TPSA) is 69.7 Å². The van der Waals surface area contributed by atoms with Gasteiger partial charge in [-0.05, 0) is 37.1 Å². The standard InChI is InChI=1S/C31H50O5/c1-3-5-7-9-10-11-12-13-14-15-16-18-20-21-30(33)35-27-23-25-28(32)29(26-24-27)36-31(34)22-19-17-8-6-4-2/h23-26H,3-22H2,1-2H3. The summed E-state index contributed by atoms with van der Waals surface area (Å²) in [7, 11) is 0. The maximum absolute atomic E-state index is 12.2. The van der Waals surface area contributed by atoms with E-state index in [-0.39, 0.29) is 17.5 Å². The molecule has 0 spiro atoms. The Morgan fingerprint density at radius 2 is 0.917 bits per heavy atom. The Morgan fingerprint density at radius 1 is 0.528 bits per heavy atom.